The first-order valence-corrected chi connectivity index (χ1v) is 15.8. The molecule has 1 N–H and O–H groups in total. The smallest absolute Gasteiger partial charge is 0.233 e. The van der Waals surface area contributed by atoms with Gasteiger partial charge in [-0.05, 0) is 72.4 Å². The average molecular weight is 580 g/mol. The molecule has 0 unspecified atom stereocenters. The summed E-state index contributed by atoms with van der Waals surface area (Å²) in [6.07, 6.45) is 7.13. The quantitative estimate of drug-likeness (QED) is 0.190. The Hall–Kier alpha value is -3.90. The molecule has 43 heavy (non-hydrogen) atoms. The number of carbonyl (C=O) groups excluding carboxylic acids is 2. The van der Waals surface area contributed by atoms with Crippen LogP contribution in [-0.4, -0.2) is 47.7 Å². The Morgan fingerprint density at radius 3 is 2.47 bits per heavy atom. The normalized spacial score (nSPS) is 23.7. The van der Waals surface area contributed by atoms with Crippen LogP contribution in [0, 0.1) is 17.8 Å². The highest BCUT2D eigenvalue weighted by atomic mass is 16.5. The molecule has 2 aliphatic heterocycles. The largest absolute Gasteiger partial charge is 0.507 e. The van der Waals surface area contributed by atoms with Gasteiger partial charge in [0.1, 0.15) is 18.1 Å². The minimum atomic E-state index is -0.339. The molecule has 3 aliphatic rings. The van der Waals surface area contributed by atoms with E-state index in [1.165, 1.54) is 16.0 Å². The van der Waals surface area contributed by atoms with E-state index in [0.717, 1.165) is 59.8 Å². The van der Waals surface area contributed by atoms with Gasteiger partial charge >= 0.3 is 0 Å². The summed E-state index contributed by atoms with van der Waals surface area (Å²) in [6, 6.07) is 21.5. The van der Waals surface area contributed by atoms with E-state index in [1.807, 2.05) is 61.5 Å². The van der Waals surface area contributed by atoms with Gasteiger partial charge in [0.05, 0.1) is 24.5 Å². The minimum absolute atomic E-state index is 0.0302. The van der Waals surface area contributed by atoms with Gasteiger partial charge in [0, 0.05) is 17.8 Å². The number of hydrogen-bond acceptors (Lipinski definition) is 5. The number of hydrogen-bond donors (Lipinski definition) is 1. The number of allylic oxidation sites excluding steroid dienone is 1. The van der Waals surface area contributed by atoms with Crippen LogP contribution >= 0.6 is 0 Å². The summed E-state index contributed by atoms with van der Waals surface area (Å²) < 4.78 is 12.7. The van der Waals surface area contributed by atoms with Crippen LogP contribution in [-0.2, 0) is 14.3 Å². The van der Waals surface area contributed by atoms with Gasteiger partial charge in [0.15, 0.2) is 0 Å². The van der Waals surface area contributed by atoms with Crippen molar-refractivity contribution in [2.45, 2.75) is 58.5 Å². The molecule has 224 valence electrons. The maximum Gasteiger partial charge on any atom is 0.233 e. The van der Waals surface area contributed by atoms with Crippen LogP contribution in [0.25, 0.3) is 16.8 Å². The highest BCUT2D eigenvalue weighted by molar-refractivity contribution is 6.06. The van der Waals surface area contributed by atoms with Gasteiger partial charge in [-0.15, -0.1) is 0 Å². The second-order valence-electron chi connectivity index (χ2n) is 12.1. The predicted molar refractivity (Wildman–Crippen MR) is 169 cm³/mol. The lowest BCUT2D eigenvalue weighted by molar-refractivity contribution is -0.140. The maximum absolute atomic E-state index is 13.5. The Balaban J connectivity index is 1.28. The monoisotopic (exact) mass is 579 g/mol. The Labute approximate surface area is 254 Å². The topological polar surface area (TPSA) is 76.1 Å². The molecule has 0 radical (unpaired) electrons. The van der Waals surface area contributed by atoms with Crippen molar-refractivity contribution in [3.63, 3.8) is 0 Å². The lowest BCUT2D eigenvalue weighted by atomic mass is 9.69. The molecular formula is C37H41NO5. The molecule has 4 atom stereocenters. The van der Waals surface area contributed by atoms with E-state index >= 15 is 0 Å². The predicted octanol–water partition coefficient (Wildman–Crippen LogP) is 7.31. The number of amides is 2. The highest BCUT2D eigenvalue weighted by Gasteiger charge is 2.56. The van der Waals surface area contributed by atoms with Gasteiger partial charge in [-0.3, -0.25) is 14.5 Å². The van der Waals surface area contributed by atoms with E-state index in [9.17, 15) is 14.7 Å². The van der Waals surface area contributed by atoms with Crippen molar-refractivity contribution < 1.29 is 24.2 Å². The molecule has 6 heteroatoms. The molecule has 2 heterocycles. The minimum Gasteiger partial charge on any atom is -0.507 e. The summed E-state index contributed by atoms with van der Waals surface area (Å²) in [5, 5.41) is 12.3. The number of fused-ring (bicyclic) bond motifs is 4. The van der Waals surface area contributed by atoms with Crippen LogP contribution in [0.3, 0.4) is 0 Å². The van der Waals surface area contributed by atoms with Crippen LogP contribution in [0.4, 0.5) is 0 Å². The summed E-state index contributed by atoms with van der Waals surface area (Å²) >= 11 is 0. The van der Waals surface area contributed by atoms with E-state index < -0.39 is 0 Å². The van der Waals surface area contributed by atoms with Crippen LogP contribution in [0.1, 0.15) is 57.9 Å². The number of aromatic hydroxyl groups is 1. The van der Waals surface area contributed by atoms with Crippen molar-refractivity contribution >= 4 is 28.7 Å². The molecule has 1 aliphatic carbocycles. The number of phenolic OH excluding ortho intramolecular Hbond substituents is 1. The van der Waals surface area contributed by atoms with Gasteiger partial charge in [0.25, 0.3) is 0 Å². The first-order chi connectivity index (χ1) is 21.0. The SMILES string of the molecule is CCC/C(=C\c1ccc(O)c2ccccc12)CC[C@H]1OC[C@H]2C1=C(COc1ccccc1)C[C@H]1C(=O)N(CCC)C(=O)[C@H]12. The molecule has 0 bridgehead atoms. The second kappa shape index (κ2) is 12.8. The van der Waals surface area contributed by atoms with E-state index in [-0.39, 0.29) is 35.7 Å². The summed E-state index contributed by atoms with van der Waals surface area (Å²) in [5.41, 5.74) is 4.73. The molecular weight excluding hydrogens is 538 g/mol. The van der Waals surface area contributed by atoms with Crippen LogP contribution in [0.2, 0.25) is 0 Å². The van der Waals surface area contributed by atoms with Crippen LogP contribution in [0.5, 0.6) is 11.5 Å². The molecule has 6 rings (SSSR count). The summed E-state index contributed by atoms with van der Waals surface area (Å²) in [7, 11) is 0. The number of para-hydroxylation sites is 1. The van der Waals surface area contributed by atoms with Gasteiger partial charge in [0.2, 0.25) is 11.8 Å². The maximum atomic E-state index is 13.5. The van der Waals surface area contributed by atoms with E-state index in [2.05, 4.69) is 19.1 Å². The van der Waals surface area contributed by atoms with Gasteiger partial charge in [-0.2, -0.15) is 0 Å². The van der Waals surface area contributed by atoms with Crippen molar-refractivity contribution in [1.82, 2.24) is 4.90 Å². The fourth-order valence-corrected chi connectivity index (χ4v) is 7.36. The third-order valence-electron chi connectivity index (χ3n) is 9.30. The summed E-state index contributed by atoms with van der Waals surface area (Å²) in [6.45, 7) is 5.53. The van der Waals surface area contributed by atoms with Crippen molar-refractivity contribution in [3.05, 3.63) is 89.0 Å². The molecule has 0 saturated carbocycles. The van der Waals surface area contributed by atoms with Crippen molar-refractivity contribution in [2.24, 2.45) is 17.8 Å². The van der Waals surface area contributed by atoms with Gasteiger partial charge in [-0.25, -0.2) is 0 Å². The summed E-state index contributed by atoms with van der Waals surface area (Å²) in [5.74, 6) is 0.261. The third kappa shape index (κ3) is 5.73. The van der Waals surface area contributed by atoms with Gasteiger partial charge < -0.3 is 14.6 Å². The van der Waals surface area contributed by atoms with Crippen molar-refractivity contribution in [3.8, 4) is 11.5 Å². The highest BCUT2D eigenvalue weighted by Crippen LogP contribution is 2.50. The third-order valence-corrected chi connectivity index (χ3v) is 9.30. The number of nitrogens with zero attached hydrogens (tertiary/aromatic N) is 1. The Bertz CT molecular complexity index is 1560. The molecule has 3 aromatic rings. The molecule has 2 saturated heterocycles. The number of benzene rings is 3. The van der Waals surface area contributed by atoms with E-state index in [4.69, 9.17) is 9.47 Å². The zero-order valence-electron chi connectivity index (χ0n) is 25.1. The number of ether oxygens (including phenoxy) is 2. The molecule has 3 aromatic carbocycles. The number of likely N-dealkylation sites (tertiary alicyclic amines) is 1. The molecule has 6 nitrogen and oxygen atoms in total. The molecule has 2 fully saturated rings. The average Bonchev–Trinajstić information content (AvgIpc) is 3.55. The second-order valence-corrected chi connectivity index (χ2v) is 12.1. The lowest BCUT2D eigenvalue weighted by Gasteiger charge is -2.32. The Kier molecular flexibility index (Phi) is 8.66. The fourth-order valence-electron chi connectivity index (χ4n) is 7.36. The fraction of sp³-hybridized carbons (Fsp3) is 0.405. The standard InChI is InChI=1S/C37H41NO5/c1-3-10-24(20-25-16-17-32(39)29-14-9-8-13-28(25)29)15-18-33-34-26(22-42-27-11-6-5-7-12-27)21-30-35(31(34)23-43-33)37(41)38(19-4-2)36(30)40/h5-9,11-14,16-17,20,30-31,33,35,39H,3-4,10,15,18-19,21-23H2,1-2H3/b24-20+/t30-,31+,33-,35-/m1/s1. The van der Waals surface area contributed by atoms with Gasteiger partial charge in [-0.1, -0.05) is 80.4 Å². The van der Waals surface area contributed by atoms with Crippen LogP contribution in [0.15, 0.2) is 83.4 Å². The van der Waals surface area contributed by atoms with E-state index in [0.29, 0.717) is 31.9 Å². The van der Waals surface area contributed by atoms with Crippen LogP contribution < -0.4 is 4.74 Å². The number of carbonyl (C=O) groups is 2. The van der Waals surface area contributed by atoms with E-state index in [1.54, 1.807) is 6.07 Å². The first kappa shape index (κ1) is 29.2. The number of phenols is 1. The Morgan fingerprint density at radius 2 is 1.70 bits per heavy atom. The first-order valence-electron chi connectivity index (χ1n) is 15.8. The number of imide groups is 1. The number of rotatable bonds is 11. The Morgan fingerprint density at radius 1 is 0.930 bits per heavy atom. The zero-order valence-corrected chi connectivity index (χ0v) is 25.1. The molecule has 2 amide bonds. The summed E-state index contributed by atoms with van der Waals surface area (Å²) in [4.78, 5) is 28.4. The van der Waals surface area contributed by atoms with Crippen molar-refractivity contribution in [1.29, 1.82) is 0 Å². The van der Waals surface area contributed by atoms with Crippen molar-refractivity contribution in [2.75, 3.05) is 19.8 Å². The molecule has 0 aromatic heterocycles. The zero-order chi connectivity index (χ0) is 29.9. The molecule has 0 spiro atoms. The lowest BCUT2D eigenvalue weighted by Crippen LogP contribution is -2.35.